The van der Waals surface area contributed by atoms with Crippen LogP contribution in [0.1, 0.15) is 5.82 Å². The van der Waals surface area contributed by atoms with Crippen molar-refractivity contribution >= 4 is 15.9 Å². The molecular weight excluding hydrogens is 339 g/mol. The molecule has 2 aromatic rings. The van der Waals surface area contributed by atoms with Crippen LogP contribution in [-0.4, -0.2) is 28.5 Å². The average Bonchev–Trinajstić information content (AvgIpc) is 2.78. The van der Waals surface area contributed by atoms with Gasteiger partial charge >= 0.3 is 0 Å². The van der Waals surface area contributed by atoms with E-state index < -0.39 is 23.0 Å². The van der Waals surface area contributed by atoms with Crippen LogP contribution in [0, 0.1) is 17.5 Å². The van der Waals surface area contributed by atoms with E-state index in [1.807, 2.05) is 0 Å². The van der Waals surface area contributed by atoms with Gasteiger partial charge < -0.3 is 9.30 Å². The first-order valence-corrected chi connectivity index (χ1v) is 6.82. The number of ether oxygens (including phenoxy) is 1. The molecule has 0 unspecified atom stereocenters. The molecule has 0 saturated heterocycles. The molecular formula is C12H11BrF3N3O. The largest absolute Gasteiger partial charge is 0.383 e. The summed E-state index contributed by atoms with van der Waals surface area (Å²) in [6, 6.07) is 1.23. The minimum atomic E-state index is -1.02. The molecule has 20 heavy (non-hydrogen) atoms. The fraction of sp³-hybridized carbons (Fsp3) is 0.333. The number of rotatable bonds is 5. The van der Waals surface area contributed by atoms with Gasteiger partial charge in [0.1, 0.15) is 23.3 Å². The molecule has 108 valence electrons. The van der Waals surface area contributed by atoms with E-state index in [9.17, 15) is 13.2 Å². The summed E-state index contributed by atoms with van der Waals surface area (Å²) < 4.78 is 47.0. The van der Waals surface area contributed by atoms with Gasteiger partial charge in [0.2, 0.25) is 0 Å². The van der Waals surface area contributed by atoms with Crippen molar-refractivity contribution in [3.05, 3.63) is 35.4 Å². The molecule has 0 saturated carbocycles. The monoisotopic (exact) mass is 349 g/mol. The summed E-state index contributed by atoms with van der Waals surface area (Å²) in [4.78, 5) is 0. The van der Waals surface area contributed by atoms with E-state index in [-0.39, 0.29) is 5.82 Å². The summed E-state index contributed by atoms with van der Waals surface area (Å²) >= 11 is 3.22. The summed E-state index contributed by atoms with van der Waals surface area (Å²) in [5.41, 5.74) is -0.401. The first-order valence-electron chi connectivity index (χ1n) is 5.70. The van der Waals surface area contributed by atoms with Gasteiger partial charge in [-0.3, -0.25) is 0 Å². The molecule has 8 heteroatoms. The molecule has 0 bridgehead atoms. The second-order valence-electron chi connectivity index (χ2n) is 3.96. The molecule has 0 aliphatic heterocycles. The summed E-state index contributed by atoms with van der Waals surface area (Å²) in [7, 11) is 1.51. The van der Waals surface area contributed by atoms with E-state index in [1.54, 1.807) is 0 Å². The number of benzene rings is 1. The van der Waals surface area contributed by atoms with Crippen molar-refractivity contribution in [2.45, 2.75) is 11.9 Å². The van der Waals surface area contributed by atoms with E-state index in [2.05, 4.69) is 26.1 Å². The SMILES string of the molecule is COCCn1c(CBr)nnc1-c1c(F)cc(F)cc1F. The fourth-order valence-electron chi connectivity index (χ4n) is 1.79. The fourth-order valence-corrected chi connectivity index (χ4v) is 2.21. The zero-order valence-corrected chi connectivity index (χ0v) is 12.1. The molecule has 0 N–H and O–H groups in total. The lowest BCUT2D eigenvalue weighted by Gasteiger charge is -2.10. The Morgan fingerprint density at radius 1 is 1.20 bits per heavy atom. The first kappa shape index (κ1) is 15.0. The Balaban J connectivity index is 2.55. The van der Waals surface area contributed by atoms with Crippen LogP contribution in [0.2, 0.25) is 0 Å². The summed E-state index contributed by atoms with van der Waals surface area (Å²) in [6.45, 7) is 0.658. The summed E-state index contributed by atoms with van der Waals surface area (Å²) in [5.74, 6) is -2.51. The van der Waals surface area contributed by atoms with Crippen molar-refractivity contribution in [1.82, 2.24) is 14.8 Å². The van der Waals surface area contributed by atoms with Gasteiger partial charge in [0.25, 0.3) is 0 Å². The summed E-state index contributed by atoms with van der Waals surface area (Å²) in [5, 5.41) is 8.01. The number of hydrogen-bond donors (Lipinski definition) is 0. The highest BCUT2D eigenvalue weighted by Gasteiger charge is 2.21. The van der Waals surface area contributed by atoms with Crippen molar-refractivity contribution < 1.29 is 17.9 Å². The molecule has 1 aromatic heterocycles. The van der Waals surface area contributed by atoms with Gasteiger partial charge in [-0.1, -0.05) is 15.9 Å². The molecule has 0 radical (unpaired) electrons. The smallest absolute Gasteiger partial charge is 0.170 e. The van der Waals surface area contributed by atoms with Gasteiger partial charge in [-0.2, -0.15) is 0 Å². The van der Waals surface area contributed by atoms with Gasteiger partial charge in [-0.15, -0.1) is 10.2 Å². The summed E-state index contributed by atoms with van der Waals surface area (Å²) in [6.07, 6.45) is 0. The maximum atomic E-state index is 13.8. The van der Waals surface area contributed by atoms with E-state index in [0.29, 0.717) is 36.4 Å². The molecule has 0 amide bonds. The molecule has 1 aromatic carbocycles. The number of methoxy groups -OCH3 is 1. The Morgan fingerprint density at radius 2 is 1.85 bits per heavy atom. The number of hydrogen-bond acceptors (Lipinski definition) is 3. The molecule has 0 aliphatic rings. The van der Waals surface area contributed by atoms with E-state index in [4.69, 9.17) is 4.74 Å². The number of nitrogens with zero attached hydrogens (tertiary/aromatic N) is 3. The Labute approximate surface area is 121 Å². The van der Waals surface area contributed by atoms with Crippen molar-refractivity contribution in [1.29, 1.82) is 0 Å². The highest BCUT2D eigenvalue weighted by Crippen LogP contribution is 2.26. The lowest BCUT2D eigenvalue weighted by atomic mass is 10.1. The highest BCUT2D eigenvalue weighted by atomic mass is 79.9. The molecule has 1 heterocycles. The van der Waals surface area contributed by atoms with Gasteiger partial charge in [0, 0.05) is 25.8 Å². The Bertz CT molecular complexity index is 595. The third kappa shape index (κ3) is 2.85. The zero-order valence-electron chi connectivity index (χ0n) is 10.5. The average molecular weight is 350 g/mol. The van der Waals surface area contributed by atoms with Crippen LogP contribution in [0.15, 0.2) is 12.1 Å². The minimum absolute atomic E-state index is 0.00602. The number of alkyl halides is 1. The topological polar surface area (TPSA) is 39.9 Å². The third-order valence-corrected chi connectivity index (χ3v) is 3.20. The molecule has 0 atom stereocenters. The first-order chi connectivity index (χ1) is 9.58. The minimum Gasteiger partial charge on any atom is -0.383 e. The van der Waals surface area contributed by atoms with E-state index in [1.165, 1.54) is 11.7 Å². The second kappa shape index (κ2) is 6.36. The standard InChI is InChI=1S/C12H11BrF3N3O/c1-20-3-2-19-10(6-13)17-18-12(19)11-8(15)4-7(14)5-9(11)16/h4-5H,2-3,6H2,1H3. The van der Waals surface area contributed by atoms with Gasteiger partial charge in [-0.25, -0.2) is 13.2 Å². The Morgan fingerprint density at radius 3 is 2.40 bits per heavy atom. The van der Waals surface area contributed by atoms with Crippen LogP contribution >= 0.6 is 15.9 Å². The molecule has 0 aliphatic carbocycles. The third-order valence-electron chi connectivity index (χ3n) is 2.70. The van der Waals surface area contributed by atoms with E-state index in [0.717, 1.165) is 0 Å². The molecule has 2 rings (SSSR count). The van der Waals surface area contributed by atoms with Crippen LogP contribution in [0.5, 0.6) is 0 Å². The number of aromatic nitrogens is 3. The van der Waals surface area contributed by atoms with Gasteiger partial charge in [0.05, 0.1) is 17.5 Å². The predicted octanol–water partition coefficient (Wildman–Crippen LogP) is 2.90. The molecule has 4 nitrogen and oxygen atoms in total. The van der Waals surface area contributed by atoms with Crippen molar-refractivity contribution in [2.75, 3.05) is 13.7 Å². The molecule has 0 fully saturated rings. The van der Waals surface area contributed by atoms with E-state index >= 15 is 0 Å². The normalized spacial score (nSPS) is 11.1. The van der Waals surface area contributed by atoms with Gasteiger partial charge in [-0.05, 0) is 0 Å². The lowest BCUT2D eigenvalue weighted by molar-refractivity contribution is 0.187. The Kier molecular flexibility index (Phi) is 4.77. The number of halogens is 4. The Hall–Kier alpha value is -1.41. The quantitative estimate of drug-likeness (QED) is 0.779. The van der Waals surface area contributed by atoms with Crippen LogP contribution in [0.25, 0.3) is 11.4 Å². The van der Waals surface area contributed by atoms with Crippen molar-refractivity contribution in [2.24, 2.45) is 0 Å². The van der Waals surface area contributed by atoms with Crippen LogP contribution < -0.4 is 0 Å². The van der Waals surface area contributed by atoms with Gasteiger partial charge in [0.15, 0.2) is 5.82 Å². The highest BCUT2D eigenvalue weighted by molar-refractivity contribution is 9.08. The van der Waals surface area contributed by atoms with Crippen LogP contribution in [-0.2, 0) is 16.6 Å². The maximum Gasteiger partial charge on any atom is 0.170 e. The molecule has 0 spiro atoms. The predicted molar refractivity (Wildman–Crippen MR) is 69.8 cm³/mol. The lowest BCUT2D eigenvalue weighted by Crippen LogP contribution is -2.10. The van der Waals surface area contributed by atoms with Crippen LogP contribution in [0.3, 0.4) is 0 Å². The van der Waals surface area contributed by atoms with Crippen LogP contribution in [0.4, 0.5) is 13.2 Å². The second-order valence-corrected chi connectivity index (χ2v) is 4.52. The van der Waals surface area contributed by atoms with Crippen molar-refractivity contribution in [3.8, 4) is 11.4 Å². The zero-order chi connectivity index (χ0) is 14.7. The maximum absolute atomic E-state index is 13.8. The van der Waals surface area contributed by atoms with Crippen molar-refractivity contribution in [3.63, 3.8) is 0 Å².